The first-order valence-electron chi connectivity index (χ1n) is 3.81. The molecule has 2 aromatic rings. The molecule has 0 atom stereocenters. The van der Waals surface area contributed by atoms with Crippen molar-refractivity contribution in [1.82, 2.24) is 4.98 Å². The van der Waals surface area contributed by atoms with Crippen molar-refractivity contribution in [3.63, 3.8) is 0 Å². The van der Waals surface area contributed by atoms with Crippen molar-refractivity contribution in [2.45, 2.75) is 6.92 Å². The number of halogens is 1. The molecule has 1 aromatic carbocycles. The second kappa shape index (κ2) is 3.16. The number of thiazole rings is 1. The summed E-state index contributed by atoms with van der Waals surface area (Å²) in [6.45, 7) is 1.98. The molecule has 2 nitrogen and oxygen atoms in total. The number of aromatic nitrogens is 1. The smallest absolute Gasteiger partial charge is 0.139 e. The van der Waals surface area contributed by atoms with Crippen LogP contribution in [0.15, 0.2) is 12.1 Å². The highest BCUT2D eigenvalue weighted by Crippen LogP contribution is 2.32. The molecule has 1 heterocycles. The number of hydrogen-bond donors (Lipinski definition) is 0. The minimum Gasteiger partial charge on any atom is -0.495 e. The van der Waals surface area contributed by atoms with Gasteiger partial charge in [0.2, 0.25) is 0 Å². The van der Waals surface area contributed by atoms with Crippen LogP contribution in [0.2, 0.25) is 5.02 Å². The average Bonchev–Trinajstić information content (AvgIpc) is 2.42. The number of methoxy groups -OCH3 is 1. The maximum atomic E-state index is 5.97. The molecule has 0 amide bonds. The van der Waals surface area contributed by atoms with Gasteiger partial charge in [0.1, 0.15) is 5.75 Å². The summed E-state index contributed by atoms with van der Waals surface area (Å²) in [6, 6.07) is 3.75. The third-order valence-corrected chi connectivity index (χ3v) is 3.00. The van der Waals surface area contributed by atoms with Gasteiger partial charge in [-0.3, -0.25) is 0 Å². The standard InChI is InChI=1S/C9H8ClNOS/c1-5-11-7-4-8(12-2)6(10)3-9(7)13-5/h3-4H,1-2H3. The Bertz CT molecular complexity index is 452. The topological polar surface area (TPSA) is 22.1 Å². The fourth-order valence-electron chi connectivity index (χ4n) is 1.20. The SMILES string of the molecule is COc1cc2nc(C)sc2cc1Cl. The van der Waals surface area contributed by atoms with Crippen LogP contribution >= 0.6 is 22.9 Å². The monoisotopic (exact) mass is 213 g/mol. The van der Waals surface area contributed by atoms with Gasteiger partial charge in [-0.15, -0.1) is 11.3 Å². The van der Waals surface area contributed by atoms with Crippen molar-refractivity contribution in [1.29, 1.82) is 0 Å². The van der Waals surface area contributed by atoms with Crippen molar-refractivity contribution in [3.05, 3.63) is 22.2 Å². The van der Waals surface area contributed by atoms with Gasteiger partial charge < -0.3 is 4.74 Å². The van der Waals surface area contributed by atoms with Crippen LogP contribution in [0, 0.1) is 6.92 Å². The summed E-state index contributed by atoms with van der Waals surface area (Å²) >= 11 is 7.60. The second-order valence-electron chi connectivity index (χ2n) is 2.69. The largest absolute Gasteiger partial charge is 0.495 e. The fourth-order valence-corrected chi connectivity index (χ4v) is 2.36. The lowest BCUT2D eigenvalue weighted by Crippen LogP contribution is -1.83. The van der Waals surface area contributed by atoms with Gasteiger partial charge in [-0.2, -0.15) is 0 Å². The quantitative estimate of drug-likeness (QED) is 0.726. The van der Waals surface area contributed by atoms with Crippen molar-refractivity contribution in [2.75, 3.05) is 7.11 Å². The lowest BCUT2D eigenvalue weighted by molar-refractivity contribution is 0.415. The summed E-state index contributed by atoms with van der Waals surface area (Å²) in [5.41, 5.74) is 0.948. The zero-order valence-electron chi connectivity index (χ0n) is 7.30. The Kier molecular flexibility index (Phi) is 2.14. The number of fused-ring (bicyclic) bond motifs is 1. The molecule has 13 heavy (non-hydrogen) atoms. The fraction of sp³-hybridized carbons (Fsp3) is 0.222. The van der Waals surface area contributed by atoms with E-state index >= 15 is 0 Å². The lowest BCUT2D eigenvalue weighted by atomic mass is 10.3. The average molecular weight is 214 g/mol. The number of rotatable bonds is 1. The van der Waals surface area contributed by atoms with E-state index in [2.05, 4.69) is 4.98 Å². The second-order valence-corrected chi connectivity index (χ2v) is 4.33. The van der Waals surface area contributed by atoms with Crippen LogP contribution in [0.5, 0.6) is 5.75 Å². The van der Waals surface area contributed by atoms with Gasteiger partial charge in [-0.05, 0) is 13.0 Å². The molecule has 0 saturated carbocycles. The Morgan fingerprint density at radius 1 is 1.46 bits per heavy atom. The van der Waals surface area contributed by atoms with Crippen LogP contribution in [0.4, 0.5) is 0 Å². The van der Waals surface area contributed by atoms with E-state index in [1.54, 1.807) is 18.4 Å². The number of hydrogen-bond acceptors (Lipinski definition) is 3. The Labute approximate surface area is 85.1 Å². The molecule has 0 bridgehead atoms. The Hall–Kier alpha value is -0.800. The molecular weight excluding hydrogens is 206 g/mol. The van der Waals surface area contributed by atoms with E-state index in [0.717, 1.165) is 15.2 Å². The molecule has 2 rings (SSSR count). The molecule has 1 aromatic heterocycles. The Morgan fingerprint density at radius 3 is 2.92 bits per heavy atom. The Balaban J connectivity index is 2.72. The number of benzene rings is 1. The first-order valence-corrected chi connectivity index (χ1v) is 5.01. The van der Waals surface area contributed by atoms with Crippen molar-refractivity contribution < 1.29 is 4.74 Å². The molecule has 4 heteroatoms. The van der Waals surface area contributed by atoms with Gasteiger partial charge in [0, 0.05) is 6.07 Å². The third-order valence-electron chi connectivity index (χ3n) is 1.77. The van der Waals surface area contributed by atoms with E-state index in [-0.39, 0.29) is 0 Å². The Morgan fingerprint density at radius 2 is 2.23 bits per heavy atom. The van der Waals surface area contributed by atoms with Gasteiger partial charge in [-0.1, -0.05) is 11.6 Å². The molecule has 0 aliphatic heterocycles. The van der Waals surface area contributed by atoms with Gasteiger partial charge >= 0.3 is 0 Å². The first kappa shape index (κ1) is 8.78. The van der Waals surface area contributed by atoms with Crippen LogP contribution in [-0.2, 0) is 0 Å². The molecule has 0 saturated heterocycles. The minimum atomic E-state index is 0.638. The molecule has 0 radical (unpaired) electrons. The van der Waals surface area contributed by atoms with Gasteiger partial charge in [0.05, 0.1) is 27.4 Å². The predicted molar refractivity (Wildman–Crippen MR) is 55.9 cm³/mol. The van der Waals surface area contributed by atoms with Gasteiger partial charge in [-0.25, -0.2) is 4.98 Å². The van der Waals surface area contributed by atoms with E-state index in [1.807, 2.05) is 19.1 Å². The molecule has 0 unspecified atom stereocenters. The lowest BCUT2D eigenvalue weighted by Gasteiger charge is -2.00. The van der Waals surface area contributed by atoms with Crippen LogP contribution in [0.3, 0.4) is 0 Å². The summed E-state index contributed by atoms with van der Waals surface area (Å²) in [5.74, 6) is 0.680. The highest BCUT2D eigenvalue weighted by molar-refractivity contribution is 7.18. The number of ether oxygens (including phenoxy) is 1. The summed E-state index contributed by atoms with van der Waals surface area (Å²) in [7, 11) is 1.60. The van der Waals surface area contributed by atoms with Crippen molar-refractivity contribution in [3.8, 4) is 5.75 Å². The molecule has 0 aliphatic carbocycles. The maximum Gasteiger partial charge on any atom is 0.139 e. The molecule has 68 valence electrons. The van der Waals surface area contributed by atoms with E-state index in [9.17, 15) is 0 Å². The summed E-state index contributed by atoms with van der Waals surface area (Å²) < 4.78 is 6.20. The highest BCUT2D eigenvalue weighted by Gasteiger charge is 2.06. The molecular formula is C9H8ClNOS. The van der Waals surface area contributed by atoms with E-state index in [0.29, 0.717) is 10.8 Å². The van der Waals surface area contributed by atoms with Crippen LogP contribution in [0.1, 0.15) is 5.01 Å². The van der Waals surface area contributed by atoms with E-state index in [1.165, 1.54) is 0 Å². The number of nitrogens with zero attached hydrogens (tertiary/aromatic N) is 1. The van der Waals surface area contributed by atoms with Crippen LogP contribution in [0.25, 0.3) is 10.2 Å². The molecule has 0 spiro atoms. The maximum absolute atomic E-state index is 5.97. The van der Waals surface area contributed by atoms with E-state index in [4.69, 9.17) is 16.3 Å². The predicted octanol–water partition coefficient (Wildman–Crippen LogP) is 3.27. The van der Waals surface area contributed by atoms with Gasteiger partial charge in [0.25, 0.3) is 0 Å². The zero-order valence-corrected chi connectivity index (χ0v) is 8.87. The molecule has 0 fully saturated rings. The normalized spacial score (nSPS) is 10.7. The molecule has 0 aliphatic rings. The van der Waals surface area contributed by atoms with Gasteiger partial charge in [0.15, 0.2) is 0 Å². The van der Waals surface area contributed by atoms with E-state index < -0.39 is 0 Å². The molecule has 0 N–H and O–H groups in total. The highest BCUT2D eigenvalue weighted by atomic mass is 35.5. The summed E-state index contributed by atoms with van der Waals surface area (Å²) in [5, 5.41) is 1.68. The number of aryl methyl sites for hydroxylation is 1. The van der Waals surface area contributed by atoms with Crippen molar-refractivity contribution >= 4 is 33.2 Å². The van der Waals surface area contributed by atoms with Crippen molar-refractivity contribution in [2.24, 2.45) is 0 Å². The summed E-state index contributed by atoms with van der Waals surface area (Å²) in [4.78, 5) is 4.34. The van der Waals surface area contributed by atoms with Crippen LogP contribution in [-0.4, -0.2) is 12.1 Å². The third kappa shape index (κ3) is 1.49. The minimum absolute atomic E-state index is 0.638. The van der Waals surface area contributed by atoms with Crippen LogP contribution < -0.4 is 4.74 Å². The summed E-state index contributed by atoms with van der Waals surface area (Å²) in [6.07, 6.45) is 0. The zero-order chi connectivity index (χ0) is 9.42. The first-order chi connectivity index (χ1) is 6.20.